The summed E-state index contributed by atoms with van der Waals surface area (Å²) in [5, 5.41) is 16.2. The average Bonchev–Trinajstić information content (AvgIpc) is 2.92. The highest BCUT2D eigenvalue weighted by Gasteiger charge is 2.16. The third kappa shape index (κ3) is 4.32. The minimum absolute atomic E-state index is 0.227. The molecule has 0 aliphatic carbocycles. The van der Waals surface area contributed by atoms with Gasteiger partial charge in [0.2, 0.25) is 0 Å². The van der Waals surface area contributed by atoms with Gasteiger partial charge in [-0.15, -0.1) is 0 Å². The number of hydrogen-bond acceptors (Lipinski definition) is 3. The largest absolute Gasteiger partial charge is 0.392 e. The Labute approximate surface area is 140 Å². The Balaban J connectivity index is 2.09. The predicted octanol–water partition coefficient (Wildman–Crippen LogP) is 2.40. The molecule has 2 N–H and O–H groups in total. The molecule has 0 saturated carbocycles. The number of nitrogens with zero attached hydrogens (tertiary/aromatic N) is 3. The van der Waals surface area contributed by atoms with Crippen molar-refractivity contribution >= 4 is 6.03 Å². The zero-order valence-corrected chi connectivity index (χ0v) is 14.3. The van der Waals surface area contributed by atoms with E-state index in [-0.39, 0.29) is 18.6 Å². The van der Waals surface area contributed by atoms with Gasteiger partial charge in [-0.3, -0.25) is 0 Å². The Bertz CT molecular complexity index is 714. The summed E-state index contributed by atoms with van der Waals surface area (Å²) >= 11 is 0. The van der Waals surface area contributed by atoms with E-state index in [4.69, 9.17) is 0 Å². The van der Waals surface area contributed by atoms with Crippen molar-refractivity contribution in [1.82, 2.24) is 20.0 Å². The van der Waals surface area contributed by atoms with Crippen molar-refractivity contribution in [2.45, 2.75) is 32.9 Å². The Kier molecular flexibility index (Phi) is 5.56. The van der Waals surface area contributed by atoms with Gasteiger partial charge in [-0.1, -0.05) is 6.07 Å². The number of rotatable bonds is 5. The molecular formula is C17H23FN4O2. The van der Waals surface area contributed by atoms with Crippen LogP contribution in [0.4, 0.5) is 9.18 Å². The number of benzene rings is 1. The van der Waals surface area contributed by atoms with Crippen LogP contribution in [0, 0.1) is 12.7 Å². The van der Waals surface area contributed by atoms with Gasteiger partial charge in [-0.25, -0.2) is 13.9 Å². The van der Waals surface area contributed by atoms with Crippen LogP contribution in [0.1, 0.15) is 31.0 Å². The van der Waals surface area contributed by atoms with E-state index in [0.29, 0.717) is 11.3 Å². The Morgan fingerprint density at radius 1 is 1.46 bits per heavy atom. The number of aliphatic hydroxyl groups is 1. The lowest BCUT2D eigenvalue weighted by molar-refractivity contribution is 0.142. The van der Waals surface area contributed by atoms with E-state index in [1.54, 1.807) is 45.4 Å². The molecule has 0 saturated heterocycles. The monoisotopic (exact) mass is 334 g/mol. The smallest absolute Gasteiger partial charge is 0.317 e. The van der Waals surface area contributed by atoms with E-state index in [9.17, 15) is 14.3 Å². The minimum Gasteiger partial charge on any atom is -0.392 e. The number of urea groups is 1. The normalized spacial score (nSPS) is 13.4. The molecule has 1 aromatic heterocycles. The van der Waals surface area contributed by atoms with Crippen LogP contribution in [-0.4, -0.2) is 45.5 Å². The van der Waals surface area contributed by atoms with E-state index in [2.05, 4.69) is 10.4 Å². The number of aryl methyl sites for hydroxylation is 1. The molecule has 2 aromatic rings. The van der Waals surface area contributed by atoms with Gasteiger partial charge in [-0.05, 0) is 44.0 Å². The Morgan fingerprint density at radius 3 is 2.71 bits per heavy atom. The molecule has 7 heteroatoms. The highest BCUT2D eigenvalue weighted by atomic mass is 19.1. The maximum absolute atomic E-state index is 14.4. The summed E-state index contributed by atoms with van der Waals surface area (Å²) in [5.41, 5.74) is 1.95. The van der Waals surface area contributed by atoms with Crippen molar-refractivity contribution in [2.75, 3.05) is 13.6 Å². The molecule has 0 spiro atoms. The van der Waals surface area contributed by atoms with Crippen molar-refractivity contribution in [3.63, 3.8) is 0 Å². The zero-order valence-electron chi connectivity index (χ0n) is 14.3. The quantitative estimate of drug-likeness (QED) is 0.882. The zero-order chi connectivity index (χ0) is 17.9. The third-order valence-electron chi connectivity index (χ3n) is 3.66. The number of halogens is 1. The van der Waals surface area contributed by atoms with Gasteiger partial charge < -0.3 is 15.3 Å². The number of carbonyl (C=O) groups excluding carboxylic acids is 1. The van der Waals surface area contributed by atoms with Crippen molar-refractivity contribution in [3.8, 4) is 5.69 Å². The summed E-state index contributed by atoms with van der Waals surface area (Å²) in [4.78, 5) is 13.4. The molecule has 0 bridgehead atoms. The molecule has 2 unspecified atom stereocenters. The SMILES string of the molecule is Cc1cnn(-c2ccc(C(C)NC(=O)N(C)CC(C)O)cc2F)c1. The molecular weight excluding hydrogens is 311 g/mol. The number of aromatic nitrogens is 2. The second kappa shape index (κ2) is 7.44. The molecule has 0 aliphatic rings. The number of hydrogen-bond donors (Lipinski definition) is 2. The lowest BCUT2D eigenvalue weighted by Gasteiger charge is -2.22. The van der Waals surface area contributed by atoms with E-state index in [1.165, 1.54) is 15.6 Å². The van der Waals surface area contributed by atoms with Crippen LogP contribution < -0.4 is 5.32 Å². The highest BCUT2D eigenvalue weighted by Crippen LogP contribution is 2.19. The summed E-state index contributed by atoms with van der Waals surface area (Å²) in [6, 6.07) is 4.10. The van der Waals surface area contributed by atoms with Crippen LogP contribution in [0.25, 0.3) is 5.69 Å². The van der Waals surface area contributed by atoms with Crippen molar-refractivity contribution < 1.29 is 14.3 Å². The number of aliphatic hydroxyl groups excluding tert-OH is 1. The van der Waals surface area contributed by atoms with Gasteiger partial charge in [0.15, 0.2) is 0 Å². The van der Waals surface area contributed by atoms with E-state index < -0.39 is 11.9 Å². The Morgan fingerprint density at radius 2 is 2.17 bits per heavy atom. The number of nitrogens with one attached hydrogen (secondary N) is 1. The van der Waals surface area contributed by atoms with Gasteiger partial charge in [0.25, 0.3) is 0 Å². The summed E-state index contributed by atoms with van der Waals surface area (Å²) in [6.45, 7) is 5.50. The topological polar surface area (TPSA) is 70.4 Å². The molecule has 2 rings (SSSR count). The van der Waals surface area contributed by atoms with Crippen LogP contribution >= 0.6 is 0 Å². The standard InChI is InChI=1S/C17H23FN4O2/c1-11-8-19-22(9-11)16-6-5-14(7-15(16)18)13(3)20-17(24)21(4)10-12(2)23/h5-9,12-13,23H,10H2,1-4H3,(H,20,24). The van der Waals surface area contributed by atoms with Crippen LogP contribution in [0.15, 0.2) is 30.6 Å². The number of likely N-dealkylation sites (N-methyl/N-ethyl adjacent to an activating group) is 1. The van der Waals surface area contributed by atoms with E-state index in [0.717, 1.165) is 5.56 Å². The summed E-state index contributed by atoms with van der Waals surface area (Å²) in [5.74, 6) is -0.408. The fourth-order valence-electron chi connectivity index (χ4n) is 2.38. The molecule has 0 radical (unpaired) electrons. The van der Waals surface area contributed by atoms with E-state index in [1.807, 2.05) is 6.92 Å². The molecule has 2 amide bonds. The van der Waals surface area contributed by atoms with Gasteiger partial charge in [-0.2, -0.15) is 5.10 Å². The second-order valence-corrected chi connectivity index (χ2v) is 6.07. The highest BCUT2D eigenvalue weighted by molar-refractivity contribution is 5.74. The maximum Gasteiger partial charge on any atom is 0.317 e. The molecule has 1 heterocycles. The molecule has 0 aliphatic heterocycles. The van der Waals surface area contributed by atoms with Crippen LogP contribution in [0.2, 0.25) is 0 Å². The Hall–Kier alpha value is -2.41. The van der Waals surface area contributed by atoms with Crippen LogP contribution in [0.3, 0.4) is 0 Å². The first-order chi connectivity index (χ1) is 11.3. The molecule has 24 heavy (non-hydrogen) atoms. The maximum atomic E-state index is 14.4. The van der Waals surface area contributed by atoms with Crippen molar-refractivity contribution in [2.24, 2.45) is 0 Å². The fourth-order valence-corrected chi connectivity index (χ4v) is 2.38. The first-order valence-corrected chi connectivity index (χ1v) is 7.78. The molecule has 130 valence electrons. The lowest BCUT2D eigenvalue weighted by atomic mass is 10.1. The van der Waals surface area contributed by atoms with Gasteiger partial charge >= 0.3 is 6.03 Å². The average molecular weight is 334 g/mol. The molecule has 6 nitrogen and oxygen atoms in total. The minimum atomic E-state index is -0.606. The summed E-state index contributed by atoms with van der Waals surface area (Å²) in [7, 11) is 1.60. The molecule has 1 aromatic carbocycles. The summed E-state index contributed by atoms with van der Waals surface area (Å²) in [6.07, 6.45) is 2.80. The second-order valence-electron chi connectivity index (χ2n) is 6.07. The predicted molar refractivity (Wildman–Crippen MR) is 89.5 cm³/mol. The first-order valence-electron chi connectivity index (χ1n) is 7.78. The van der Waals surface area contributed by atoms with Crippen molar-refractivity contribution in [3.05, 3.63) is 47.5 Å². The number of carbonyl (C=O) groups is 1. The van der Waals surface area contributed by atoms with Gasteiger partial charge in [0, 0.05) is 19.8 Å². The van der Waals surface area contributed by atoms with Crippen molar-refractivity contribution in [1.29, 1.82) is 0 Å². The van der Waals surface area contributed by atoms with Crippen LogP contribution in [0.5, 0.6) is 0 Å². The summed E-state index contributed by atoms with van der Waals surface area (Å²) < 4.78 is 15.8. The molecule has 2 atom stereocenters. The van der Waals surface area contributed by atoms with Gasteiger partial charge in [0.1, 0.15) is 11.5 Å². The molecule has 0 fully saturated rings. The number of amides is 2. The fraction of sp³-hybridized carbons (Fsp3) is 0.412. The van der Waals surface area contributed by atoms with Gasteiger partial charge in [0.05, 0.1) is 18.3 Å². The van der Waals surface area contributed by atoms with Crippen LogP contribution in [-0.2, 0) is 0 Å². The third-order valence-corrected chi connectivity index (χ3v) is 3.66. The lowest BCUT2D eigenvalue weighted by Crippen LogP contribution is -2.41. The first kappa shape index (κ1) is 17.9. The van der Waals surface area contributed by atoms with E-state index >= 15 is 0 Å².